The first kappa shape index (κ1) is 23.7. The Morgan fingerprint density at radius 1 is 0.439 bits per heavy atom. The van der Waals surface area contributed by atoms with Gasteiger partial charge in [-0.15, -0.1) is 0 Å². The van der Waals surface area contributed by atoms with Gasteiger partial charge < -0.3 is 13.9 Å². The van der Waals surface area contributed by atoms with Crippen molar-refractivity contribution in [2.24, 2.45) is 9.98 Å². The van der Waals surface area contributed by atoms with Gasteiger partial charge in [0.15, 0.2) is 0 Å². The van der Waals surface area contributed by atoms with Crippen molar-refractivity contribution < 1.29 is 13.9 Å². The minimum atomic E-state index is -0.810. The van der Waals surface area contributed by atoms with Crippen LogP contribution in [0.4, 0.5) is 11.4 Å². The lowest BCUT2D eigenvalue weighted by molar-refractivity contribution is 0.389. The predicted octanol–water partition coefficient (Wildman–Crippen LogP) is 6.39. The molecule has 0 spiro atoms. The molecule has 8 rings (SSSR count). The van der Waals surface area contributed by atoms with E-state index < -0.39 is 14.2 Å². The molecule has 2 aliphatic rings. The first-order valence-corrected chi connectivity index (χ1v) is 13.6. The molecule has 0 saturated carbocycles. The SMILES string of the molecule is C1=Nc2ccccc2B2OB(Oc3ccc4ccccc4c31)c1ccccc1N=Cc1c(ccc3ccccc13)O2. The van der Waals surface area contributed by atoms with Gasteiger partial charge in [-0.25, -0.2) is 0 Å². The minimum Gasteiger partial charge on any atom is -0.532 e. The van der Waals surface area contributed by atoms with Gasteiger partial charge in [0.1, 0.15) is 11.5 Å². The molecule has 7 heteroatoms. The van der Waals surface area contributed by atoms with E-state index in [2.05, 4.69) is 36.4 Å². The number of rotatable bonds is 0. The Hall–Kier alpha value is -5.13. The molecule has 41 heavy (non-hydrogen) atoms. The van der Waals surface area contributed by atoms with E-state index in [9.17, 15) is 0 Å². The van der Waals surface area contributed by atoms with Crippen molar-refractivity contribution in [3.8, 4) is 11.5 Å². The van der Waals surface area contributed by atoms with Crippen LogP contribution in [-0.4, -0.2) is 26.7 Å². The van der Waals surface area contributed by atoms with Crippen LogP contribution in [0.25, 0.3) is 21.5 Å². The molecule has 0 atom stereocenters. The lowest BCUT2D eigenvalue weighted by atomic mass is 9.69. The Bertz CT molecular complexity index is 1880. The Kier molecular flexibility index (Phi) is 5.68. The van der Waals surface area contributed by atoms with Crippen molar-refractivity contribution in [2.75, 3.05) is 0 Å². The number of fused-ring (bicyclic) bond motifs is 12. The van der Waals surface area contributed by atoms with Gasteiger partial charge in [-0.2, -0.15) is 0 Å². The van der Waals surface area contributed by atoms with Gasteiger partial charge in [-0.1, -0.05) is 97.1 Å². The molecule has 0 radical (unpaired) electrons. The summed E-state index contributed by atoms with van der Waals surface area (Å²) in [6.45, 7) is 0. The van der Waals surface area contributed by atoms with Crippen molar-refractivity contribution in [3.05, 3.63) is 132 Å². The Morgan fingerprint density at radius 2 is 0.878 bits per heavy atom. The van der Waals surface area contributed by atoms with Crippen molar-refractivity contribution in [1.29, 1.82) is 0 Å². The summed E-state index contributed by atoms with van der Waals surface area (Å²) in [7, 11) is -1.62. The molecule has 5 nitrogen and oxygen atoms in total. The molecule has 2 aliphatic heterocycles. The van der Waals surface area contributed by atoms with E-state index in [0.29, 0.717) is 11.5 Å². The Morgan fingerprint density at radius 3 is 1.39 bits per heavy atom. The summed E-state index contributed by atoms with van der Waals surface area (Å²) >= 11 is 0. The summed E-state index contributed by atoms with van der Waals surface area (Å²) in [5, 5.41) is 4.31. The van der Waals surface area contributed by atoms with E-state index >= 15 is 0 Å². The molecule has 0 aliphatic carbocycles. The second-order valence-corrected chi connectivity index (χ2v) is 10.1. The van der Waals surface area contributed by atoms with E-state index in [0.717, 1.165) is 55.0 Å². The smallest absolute Gasteiger partial charge is 0.532 e. The third-order valence-corrected chi connectivity index (χ3v) is 7.62. The normalized spacial score (nSPS) is 13.9. The van der Waals surface area contributed by atoms with Gasteiger partial charge in [-0.05, 0) is 45.8 Å². The molecule has 0 fully saturated rings. The number of para-hydroxylation sites is 2. The molecule has 2 heterocycles. The maximum atomic E-state index is 6.80. The first-order valence-electron chi connectivity index (χ1n) is 13.6. The van der Waals surface area contributed by atoms with Crippen LogP contribution in [0.5, 0.6) is 11.5 Å². The standard InChI is InChI=1S/C34H22B2N2O3/c1-3-11-25-23(9-1)17-19-33-27(25)21-37-31-15-7-5-13-29(31)36-40-34-20-18-24-10-2-4-12-26(24)28(34)22-38-32-16-8-6-14-30(32)35(39-33)41-36/h1-22H. The molecular formula is C34H22B2N2O3. The van der Waals surface area contributed by atoms with Gasteiger partial charge in [-0.3, -0.25) is 9.98 Å². The lowest BCUT2D eigenvalue weighted by Gasteiger charge is -2.26. The fourth-order valence-electron chi connectivity index (χ4n) is 5.57. The highest BCUT2D eigenvalue weighted by molar-refractivity contribution is 6.76. The summed E-state index contributed by atoms with van der Waals surface area (Å²) in [6.07, 6.45) is 3.76. The van der Waals surface area contributed by atoms with Crippen molar-refractivity contribution in [2.45, 2.75) is 0 Å². The summed E-state index contributed by atoms with van der Waals surface area (Å²) in [5.41, 5.74) is 4.90. The first-order chi connectivity index (χ1) is 20.3. The average Bonchev–Trinajstić information content (AvgIpc) is 3.03. The van der Waals surface area contributed by atoms with Gasteiger partial charge in [0.05, 0.1) is 11.4 Å². The van der Waals surface area contributed by atoms with Crippen LogP contribution >= 0.6 is 0 Å². The molecule has 2 bridgehead atoms. The van der Waals surface area contributed by atoms with Crippen LogP contribution in [0.1, 0.15) is 11.1 Å². The monoisotopic (exact) mass is 528 g/mol. The quantitative estimate of drug-likeness (QED) is 0.215. The highest BCUT2D eigenvalue weighted by Gasteiger charge is 2.39. The lowest BCUT2D eigenvalue weighted by Crippen LogP contribution is -2.51. The van der Waals surface area contributed by atoms with Crippen molar-refractivity contribution in [1.82, 2.24) is 0 Å². The highest BCUT2D eigenvalue weighted by Crippen LogP contribution is 2.32. The minimum absolute atomic E-state index is 0.665. The van der Waals surface area contributed by atoms with Crippen LogP contribution in [0, 0.1) is 0 Å². The summed E-state index contributed by atoms with van der Waals surface area (Å²) in [6, 6.07) is 40.4. The third-order valence-electron chi connectivity index (χ3n) is 7.62. The summed E-state index contributed by atoms with van der Waals surface area (Å²) < 4.78 is 20.2. The number of nitrogens with zero attached hydrogens (tertiary/aromatic N) is 2. The zero-order valence-corrected chi connectivity index (χ0v) is 22.0. The number of aliphatic imine (C=N–C) groups is 2. The van der Waals surface area contributed by atoms with E-state index in [1.54, 1.807) is 0 Å². The third kappa shape index (κ3) is 4.19. The number of hydrogen-bond donors (Lipinski definition) is 0. The Labute approximate surface area is 238 Å². The van der Waals surface area contributed by atoms with Crippen LogP contribution < -0.4 is 20.2 Å². The van der Waals surface area contributed by atoms with Gasteiger partial charge >= 0.3 is 14.2 Å². The maximum Gasteiger partial charge on any atom is 0.552 e. The van der Waals surface area contributed by atoms with E-state index in [-0.39, 0.29) is 0 Å². The fourth-order valence-corrected chi connectivity index (χ4v) is 5.57. The molecule has 0 N–H and O–H groups in total. The summed E-state index contributed by atoms with van der Waals surface area (Å²) in [4.78, 5) is 9.88. The van der Waals surface area contributed by atoms with E-state index in [1.165, 1.54) is 0 Å². The van der Waals surface area contributed by atoms with Gasteiger partial charge in [0.25, 0.3) is 0 Å². The van der Waals surface area contributed by atoms with E-state index in [1.807, 2.05) is 97.4 Å². The van der Waals surface area contributed by atoms with Crippen molar-refractivity contribution in [3.63, 3.8) is 0 Å². The second-order valence-electron chi connectivity index (χ2n) is 10.1. The predicted molar refractivity (Wildman–Crippen MR) is 168 cm³/mol. The van der Waals surface area contributed by atoms with Gasteiger partial charge in [0, 0.05) is 34.5 Å². The maximum absolute atomic E-state index is 6.80. The van der Waals surface area contributed by atoms with Crippen LogP contribution in [0.2, 0.25) is 0 Å². The van der Waals surface area contributed by atoms with E-state index in [4.69, 9.17) is 23.9 Å². The molecule has 6 aromatic rings. The highest BCUT2D eigenvalue weighted by atomic mass is 16.6. The zero-order chi connectivity index (χ0) is 27.2. The van der Waals surface area contributed by atoms with Gasteiger partial charge in [0.2, 0.25) is 0 Å². The van der Waals surface area contributed by atoms with Crippen LogP contribution in [0.15, 0.2) is 131 Å². The zero-order valence-electron chi connectivity index (χ0n) is 22.0. The molecule has 192 valence electrons. The Balaban J connectivity index is 1.40. The molecule has 0 amide bonds. The molecule has 0 aromatic heterocycles. The summed E-state index contributed by atoms with van der Waals surface area (Å²) in [5.74, 6) is 1.33. The topological polar surface area (TPSA) is 52.4 Å². The largest absolute Gasteiger partial charge is 0.552 e. The van der Waals surface area contributed by atoms with Crippen LogP contribution in [0.3, 0.4) is 0 Å². The molecule has 0 saturated heterocycles. The molecule has 0 unspecified atom stereocenters. The second kappa shape index (κ2) is 9.81. The molecule has 6 aromatic carbocycles. The van der Waals surface area contributed by atoms with Crippen LogP contribution in [-0.2, 0) is 4.57 Å². The molecular weight excluding hydrogens is 506 g/mol. The number of benzene rings is 6. The van der Waals surface area contributed by atoms with Crippen molar-refractivity contribution >= 4 is 70.5 Å². The fraction of sp³-hybridized carbons (Fsp3) is 0. The average molecular weight is 528 g/mol. The number of hydrogen-bond acceptors (Lipinski definition) is 5.